The van der Waals surface area contributed by atoms with Crippen molar-refractivity contribution in [2.75, 3.05) is 7.05 Å². The number of nitrogens with zero attached hydrogens (tertiary/aromatic N) is 1. The molecule has 0 radical (unpaired) electrons. The van der Waals surface area contributed by atoms with E-state index in [1.807, 2.05) is 30.3 Å². The monoisotopic (exact) mass is 284 g/mol. The zero-order chi connectivity index (χ0) is 15.2. The lowest BCUT2D eigenvalue weighted by atomic mass is 10.1. The predicted octanol–water partition coefficient (Wildman–Crippen LogP) is 1.57. The summed E-state index contributed by atoms with van der Waals surface area (Å²) in [4.78, 5) is 0. The lowest BCUT2D eigenvalue weighted by molar-refractivity contribution is 0.402. The van der Waals surface area contributed by atoms with Crippen molar-refractivity contribution >= 4 is 5.70 Å². The van der Waals surface area contributed by atoms with Crippen molar-refractivity contribution in [3.05, 3.63) is 71.5 Å². The first kappa shape index (κ1) is 14.7. The maximum Gasteiger partial charge on any atom is 0.140 e. The first-order chi connectivity index (χ1) is 10.1. The van der Waals surface area contributed by atoms with Gasteiger partial charge in [-0.05, 0) is 29.8 Å². The molecule has 5 nitrogen and oxygen atoms in total. The molecule has 2 rings (SSSR count). The van der Waals surface area contributed by atoms with E-state index in [1.165, 1.54) is 5.01 Å². The van der Waals surface area contributed by atoms with Crippen LogP contribution in [-0.2, 0) is 6.54 Å². The minimum Gasteiger partial charge on any atom is -0.508 e. The summed E-state index contributed by atoms with van der Waals surface area (Å²) in [7, 11) is 1.72. The number of hydrazine groups is 1. The van der Waals surface area contributed by atoms with Crippen molar-refractivity contribution in [3.63, 3.8) is 0 Å². The minimum absolute atomic E-state index is 0.200. The number of nitrogens with two attached hydrogens (primary N) is 2. The first-order valence-corrected chi connectivity index (χ1v) is 6.63. The summed E-state index contributed by atoms with van der Waals surface area (Å²) < 4.78 is 0. The van der Waals surface area contributed by atoms with Gasteiger partial charge in [-0.2, -0.15) is 0 Å². The normalized spacial score (nSPS) is 11.7. The van der Waals surface area contributed by atoms with Gasteiger partial charge in [0.1, 0.15) is 11.6 Å². The van der Waals surface area contributed by atoms with Crippen LogP contribution in [0.5, 0.6) is 5.75 Å². The second-order valence-electron chi connectivity index (χ2n) is 4.76. The Hall–Kier alpha value is -2.66. The van der Waals surface area contributed by atoms with Gasteiger partial charge in [0, 0.05) is 19.2 Å². The van der Waals surface area contributed by atoms with Crippen LogP contribution in [0, 0.1) is 0 Å². The zero-order valence-electron chi connectivity index (χ0n) is 12.0. The molecule has 0 aliphatic heterocycles. The Bertz CT molecular complexity index is 606. The fourth-order valence-electron chi connectivity index (χ4n) is 1.97. The third-order valence-electron chi connectivity index (χ3n) is 3.09. The van der Waals surface area contributed by atoms with E-state index in [0.29, 0.717) is 18.1 Å². The van der Waals surface area contributed by atoms with E-state index < -0.39 is 0 Å². The quantitative estimate of drug-likeness (QED) is 0.494. The molecule has 0 unspecified atom stereocenters. The molecule has 0 fully saturated rings. The Morgan fingerprint density at radius 1 is 1.10 bits per heavy atom. The number of hydrogen-bond acceptors (Lipinski definition) is 5. The van der Waals surface area contributed by atoms with Gasteiger partial charge in [0.2, 0.25) is 0 Å². The van der Waals surface area contributed by atoms with Crippen LogP contribution in [0.25, 0.3) is 5.70 Å². The molecule has 0 spiro atoms. The van der Waals surface area contributed by atoms with Gasteiger partial charge in [0.15, 0.2) is 0 Å². The van der Waals surface area contributed by atoms with Crippen LogP contribution < -0.4 is 16.9 Å². The van der Waals surface area contributed by atoms with Gasteiger partial charge >= 0.3 is 0 Å². The third kappa shape index (κ3) is 3.90. The number of aromatic hydroxyl groups is 1. The molecular formula is C16H20N4O. The predicted molar refractivity (Wildman–Crippen MR) is 84.4 cm³/mol. The van der Waals surface area contributed by atoms with E-state index in [0.717, 1.165) is 11.1 Å². The van der Waals surface area contributed by atoms with Gasteiger partial charge in [-0.25, -0.2) is 5.84 Å². The zero-order valence-corrected chi connectivity index (χ0v) is 12.0. The number of phenolic OH excluding ortho intramolecular Hbond substituents is 1. The SMILES string of the molecule is CN(N)/C(NCc1ccccc1)=C(\N)c1ccc(O)cc1. The molecule has 0 bridgehead atoms. The molecule has 6 N–H and O–H groups in total. The van der Waals surface area contributed by atoms with E-state index in [2.05, 4.69) is 5.32 Å². The van der Waals surface area contributed by atoms with Crippen molar-refractivity contribution in [1.29, 1.82) is 0 Å². The molecule has 0 saturated heterocycles. The Morgan fingerprint density at radius 3 is 2.29 bits per heavy atom. The van der Waals surface area contributed by atoms with Gasteiger partial charge < -0.3 is 16.2 Å². The molecule has 0 aromatic heterocycles. The average molecular weight is 284 g/mol. The van der Waals surface area contributed by atoms with E-state index in [4.69, 9.17) is 11.6 Å². The molecule has 2 aromatic carbocycles. The number of nitrogens with one attached hydrogen (secondary N) is 1. The fraction of sp³-hybridized carbons (Fsp3) is 0.125. The van der Waals surface area contributed by atoms with Crippen molar-refractivity contribution in [3.8, 4) is 5.75 Å². The Morgan fingerprint density at radius 2 is 1.71 bits per heavy atom. The van der Waals surface area contributed by atoms with Crippen LogP contribution in [-0.4, -0.2) is 17.2 Å². The number of rotatable bonds is 5. The molecule has 5 heteroatoms. The molecule has 0 aliphatic rings. The third-order valence-corrected chi connectivity index (χ3v) is 3.09. The second kappa shape index (κ2) is 6.67. The van der Waals surface area contributed by atoms with Crippen LogP contribution in [0.4, 0.5) is 0 Å². The van der Waals surface area contributed by atoms with E-state index in [9.17, 15) is 5.11 Å². The van der Waals surface area contributed by atoms with E-state index in [1.54, 1.807) is 31.3 Å². The van der Waals surface area contributed by atoms with Gasteiger partial charge in [-0.1, -0.05) is 30.3 Å². The lowest BCUT2D eigenvalue weighted by Gasteiger charge is -2.21. The molecule has 0 heterocycles. The molecule has 0 atom stereocenters. The number of hydrogen-bond donors (Lipinski definition) is 4. The Labute approximate surface area is 124 Å². The van der Waals surface area contributed by atoms with E-state index >= 15 is 0 Å². The summed E-state index contributed by atoms with van der Waals surface area (Å²) >= 11 is 0. The minimum atomic E-state index is 0.200. The molecule has 110 valence electrons. The van der Waals surface area contributed by atoms with Crippen molar-refractivity contribution in [2.24, 2.45) is 11.6 Å². The summed E-state index contributed by atoms with van der Waals surface area (Å²) in [5, 5.41) is 14.0. The highest BCUT2D eigenvalue weighted by atomic mass is 16.3. The standard InChI is InChI=1S/C16H20N4O/c1-20(18)16(19-11-12-5-3-2-4-6-12)15(17)13-7-9-14(21)10-8-13/h2-10,19,21H,11,17-18H2,1H3/b16-15-. The summed E-state index contributed by atoms with van der Waals surface area (Å²) in [5.41, 5.74) is 8.62. The topological polar surface area (TPSA) is 87.5 Å². The smallest absolute Gasteiger partial charge is 0.140 e. The summed E-state index contributed by atoms with van der Waals surface area (Å²) in [6.45, 7) is 0.622. The van der Waals surface area contributed by atoms with Crippen molar-refractivity contribution in [2.45, 2.75) is 6.54 Å². The van der Waals surface area contributed by atoms with Crippen LogP contribution in [0.2, 0.25) is 0 Å². The maximum atomic E-state index is 9.33. The molecular weight excluding hydrogens is 264 g/mol. The maximum absolute atomic E-state index is 9.33. The highest BCUT2D eigenvalue weighted by Gasteiger charge is 2.09. The van der Waals surface area contributed by atoms with Crippen LogP contribution in [0.15, 0.2) is 60.4 Å². The molecule has 0 saturated carbocycles. The lowest BCUT2D eigenvalue weighted by Crippen LogP contribution is -2.35. The highest BCUT2D eigenvalue weighted by molar-refractivity contribution is 5.65. The van der Waals surface area contributed by atoms with Gasteiger partial charge in [-0.15, -0.1) is 0 Å². The Balaban J connectivity index is 2.21. The summed E-state index contributed by atoms with van der Waals surface area (Å²) in [6.07, 6.45) is 0. The van der Waals surface area contributed by atoms with Crippen LogP contribution in [0.3, 0.4) is 0 Å². The summed E-state index contributed by atoms with van der Waals surface area (Å²) in [6, 6.07) is 16.7. The van der Waals surface area contributed by atoms with Crippen molar-refractivity contribution < 1.29 is 5.11 Å². The summed E-state index contributed by atoms with van der Waals surface area (Å²) in [5.74, 6) is 6.68. The number of phenols is 1. The van der Waals surface area contributed by atoms with Crippen LogP contribution in [0.1, 0.15) is 11.1 Å². The largest absolute Gasteiger partial charge is 0.508 e. The highest BCUT2D eigenvalue weighted by Crippen LogP contribution is 2.17. The second-order valence-corrected chi connectivity index (χ2v) is 4.76. The molecule has 0 aliphatic carbocycles. The van der Waals surface area contributed by atoms with E-state index in [-0.39, 0.29) is 5.75 Å². The van der Waals surface area contributed by atoms with Crippen LogP contribution >= 0.6 is 0 Å². The van der Waals surface area contributed by atoms with Gasteiger partial charge in [0.05, 0.1) is 5.70 Å². The number of benzene rings is 2. The molecule has 0 amide bonds. The Kier molecular flexibility index (Phi) is 4.68. The fourth-order valence-corrected chi connectivity index (χ4v) is 1.97. The average Bonchev–Trinajstić information content (AvgIpc) is 2.48. The molecule has 21 heavy (non-hydrogen) atoms. The van der Waals surface area contributed by atoms with Crippen molar-refractivity contribution in [1.82, 2.24) is 10.3 Å². The molecule has 2 aromatic rings. The van der Waals surface area contributed by atoms with Gasteiger partial charge in [-0.3, -0.25) is 5.01 Å². The first-order valence-electron chi connectivity index (χ1n) is 6.63. The van der Waals surface area contributed by atoms with Gasteiger partial charge in [0.25, 0.3) is 0 Å².